The Morgan fingerprint density at radius 2 is 1.80 bits per heavy atom. The highest BCUT2D eigenvalue weighted by Crippen LogP contribution is 2.06. The molecule has 5 N–H and O–H groups in total. The van der Waals surface area contributed by atoms with Crippen molar-refractivity contribution in [3.63, 3.8) is 0 Å². The van der Waals surface area contributed by atoms with Gasteiger partial charge < -0.3 is 21.7 Å². The fourth-order valence-corrected chi connectivity index (χ4v) is 2.53. The Morgan fingerprint density at radius 1 is 1.12 bits per heavy atom. The van der Waals surface area contributed by atoms with E-state index in [9.17, 15) is 14.4 Å². The minimum absolute atomic E-state index is 0.0259. The van der Waals surface area contributed by atoms with Crippen molar-refractivity contribution in [2.75, 3.05) is 13.6 Å². The third-order valence-electron chi connectivity index (χ3n) is 3.97. The summed E-state index contributed by atoms with van der Waals surface area (Å²) in [6.07, 6.45) is 1.90. The van der Waals surface area contributed by atoms with E-state index in [1.54, 1.807) is 14.0 Å². The molecule has 0 saturated heterocycles. The Bertz CT molecular complexity index is 563. The van der Waals surface area contributed by atoms with Gasteiger partial charge in [0.1, 0.15) is 0 Å². The molecule has 0 bridgehead atoms. The van der Waals surface area contributed by atoms with Crippen molar-refractivity contribution < 1.29 is 14.4 Å². The summed E-state index contributed by atoms with van der Waals surface area (Å²) in [4.78, 5) is 35.3. The fourth-order valence-electron chi connectivity index (χ4n) is 2.53. The average molecular weight is 348 g/mol. The summed E-state index contributed by atoms with van der Waals surface area (Å²) in [7, 11) is 1.72. The van der Waals surface area contributed by atoms with Gasteiger partial charge in [0, 0.05) is 13.0 Å². The van der Waals surface area contributed by atoms with Crippen LogP contribution in [-0.2, 0) is 16.0 Å². The maximum atomic E-state index is 12.5. The predicted octanol–water partition coefficient (Wildman–Crippen LogP) is 0.730. The Labute approximate surface area is 148 Å². The van der Waals surface area contributed by atoms with Crippen LogP contribution in [0.15, 0.2) is 30.3 Å². The van der Waals surface area contributed by atoms with Crippen LogP contribution in [0.4, 0.5) is 4.79 Å². The van der Waals surface area contributed by atoms with Gasteiger partial charge in [-0.25, -0.2) is 4.79 Å². The Hall–Kier alpha value is -2.41. The number of primary amides is 1. The van der Waals surface area contributed by atoms with Crippen LogP contribution in [-0.4, -0.2) is 43.4 Å². The highest BCUT2D eigenvalue weighted by molar-refractivity contribution is 5.90. The van der Waals surface area contributed by atoms with Crippen molar-refractivity contribution in [1.29, 1.82) is 0 Å². The number of amides is 3. The van der Waals surface area contributed by atoms with Gasteiger partial charge in [0.05, 0.1) is 12.1 Å². The summed E-state index contributed by atoms with van der Waals surface area (Å²) in [6, 6.07) is 8.12. The number of hydrogen-bond donors (Lipinski definition) is 4. The molecule has 0 saturated carbocycles. The molecule has 2 atom stereocenters. The molecule has 7 nitrogen and oxygen atoms in total. The molecule has 0 spiro atoms. The number of nitrogens with two attached hydrogens (primary N) is 1. The van der Waals surface area contributed by atoms with Crippen molar-refractivity contribution in [3.8, 4) is 0 Å². The number of rotatable bonds is 11. The van der Waals surface area contributed by atoms with E-state index in [0.717, 1.165) is 5.56 Å². The van der Waals surface area contributed by atoms with Gasteiger partial charge in [-0.2, -0.15) is 0 Å². The van der Waals surface area contributed by atoms with Crippen molar-refractivity contribution in [1.82, 2.24) is 16.0 Å². The van der Waals surface area contributed by atoms with Crippen molar-refractivity contribution in [2.24, 2.45) is 5.73 Å². The number of benzene rings is 1. The Balaban J connectivity index is 2.61. The van der Waals surface area contributed by atoms with Crippen LogP contribution in [0.5, 0.6) is 0 Å². The van der Waals surface area contributed by atoms with Gasteiger partial charge in [-0.15, -0.1) is 0 Å². The molecule has 1 rings (SSSR count). The van der Waals surface area contributed by atoms with E-state index in [0.29, 0.717) is 32.2 Å². The van der Waals surface area contributed by atoms with E-state index in [4.69, 9.17) is 5.73 Å². The zero-order valence-corrected chi connectivity index (χ0v) is 14.9. The lowest BCUT2D eigenvalue weighted by molar-refractivity contribution is -0.129. The van der Waals surface area contributed by atoms with Gasteiger partial charge in [-0.05, 0) is 31.9 Å². The molecule has 1 aromatic carbocycles. The number of Topliss-reactive ketones (excluding diaryl/α,β-unsaturated/α-hetero) is 1. The molecule has 0 aliphatic carbocycles. The molecule has 7 heteroatoms. The van der Waals surface area contributed by atoms with Gasteiger partial charge in [0.15, 0.2) is 5.78 Å². The van der Waals surface area contributed by atoms with Crippen molar-refractivity contribution in [3.05, 3.63) is 35.9 Å². The van der Waals surface area contributed by atoms with Crippen LogP contribution in [0.2, 0.25) is 0 Å². The van der Waals surface area contributed by atoms with Crippen LogP contribution >= 0.6 is 0 Å². The Morgan fingerprint density at radius 3 is 2.36 bits per heavy atom. The predicted molar refractivity (Wildman–Crippen MR) is 97.0 cm³/mol. The lowest BCUT2D eigenvalue weighted by Gasteiger charge is -2.22. The molecule has 3 amide bonds. The first-order chi connectivity index (χ1) is 12.0. The number of urea groups is 1. The summed E-state index contributed by atoms with van der Waals surface area (Å²) in [5.41, 5.74) is 6.05. The van der Waals surface area contributed by atoms with Gasteiger partial charge in [0.25, 0.3) is 0 Å². The number of carbonyl (C=O) groups excluding carboxylic acids is 3. The summed E-state index contributed by atoms with van der Waals surface area (Å²) >= 11 is 0. The summed E-state index contributed by atoms with van der Waals surface area (Å²) in [6.45, 7) is 2.14. The molecule has 0 radical (unpaired) electrons. The maximum absolute atomic E-state index is 12.5. The minimum atomic E-state index is -0.597. The topological polar surface area (TPSA) is 113 Å². The summed E-state index contributed by atoms with van der Waals surface area (Å²) in [5.74, 6) is -0.233. The molecule has 0 unspecified atom stereocenters. The van der Waals surface area contributed by atoms with E-state index in [2.05, 4.69) is 16.0 Å². The summed E-state index contributed by atoms with van der Waals surface area (Å²) < 4.78 is 0. The highest BCUT2D eigenvalue weighted by Gasteiger charge is 2.23. The van der Waals surface area contributed by atoms with Crippen LogP contribution < -0.4 is 21.7 Å². The van der Waals surface area contributed by atoms with Crippen molar-refractivity contribution >= 4 is 17.7 Å². The van der Waals surface area contributed by atoms with Gasteiger partial charge >= 0.3 is 6.03 Å². The van der Waals surface area contributed by atoms with Crippen molar-refractivity contribution in [2.45, 2.75) is 44.7 Å². The third kappa shape index (κ3) is 7.80. The normalized spacial score (nSPS) is 12.9. The van der Waals surface area contributed by atoms with Crippen LogP contribution in [0.25, 0.3) is 0 Å². The molecule has 0 heterocycles. The monoisotopic (exact) mass is 348 g/mol. The largest absolute Gasteiger partial charge is 0.352 e. The first-order valence-corrected chi connectivity index (χ1v) is 8.55. The fraction of sp³-hybridized carbons (Fsp3) is 0.500. The molecule has 138 valence electrons. The molecule has 1 aromatic rings. The first kappa shape index (κ1) is 20.6. The third-order valence-corrected chi connectivity index (χ3v) is 3.97. The molecular weight excluding hydrogens is 320 g/mol. The minimum Gasteiger partial charge on any atom is -0.352 e. The second-order valence-electron chi connectivity index (χ2n) is 5.85. The van der Waals surface area contributed by atoms with E-state index < -0.39 is 18.1 Å². The molecule has 0 aliphatic heterocycles. The zero-order valence-electron chi connectivity index (χ0n) is 14.9. The standard InChI is InChI=1S/C18H28N4O3/c1-3-16(23)14(10-7-11-21-18(19)25)22-17(24)15(20-2)12-13-8-5-4-6-9-13/h4-6,8-9,14-15,20H,3,7,10-12H2,1-2H3,(H,22,24)(H3,19,21,25)/t14-,15-/m0/s1. The molecule has 0 aliphatic rings. The number of nitrogens with one attached hydrogen (secondary N) is 3. The van der Waals surface area contributed by atoms with E-state index in [1.165, 1.54) is 0 Å². The van der Waals surface area contributed by atoms with Crippen LogP contribution in [0.3, 0.4) is 0 Å². The molecule has 25 heavy (non-hydrogen) atoms. The lowest BCUT2D eigenvalue weighted by Crippen LogP contribution is -2.50. The number of carbonyl (C=O) groups is 3. The quantitative estimate of drug-likeness (QED) is 0.441. The summed E-state index contributed by atoms with van der Waals surface area (Å²) in [5, 5.41) is 8.31. The maximum Gasteiger partial charge on any atom is 0.312 e. The van der Waals surface area contributed by atoms with E-state index >= 15 is 0 Å². The number of ketones is 1. The van der Waals surface area contributed by atoms with Gasteiger partial charge in [-0.3, -0.25) is 9.59 Å². The first-order valence-electron chi connectivity index (χ1n) is 8.55. The highest BCUT2D eigenvalue weighted by atomic mass is 16.2. The molecule has 0 aromatic heterocycles. The van der Waals surface area contributed by atoms with E-state index in [-0.39, 0.29) is 11.7 Å². The second-order valence-corrected chi connectivity index (χ2v) is 5.85. The lowest BCUT2D eigenvalue weighted by atomic mass is 10.0. The average Bonchev–Trinajstić information content (AvgIpc) is 2.61. The number of likely N-dealkylation sites (N-methyl/N-ethyl adjacent to an activating group) is 1. The second kappa shape index (κ2) is 11.2. The zero-order chi connectivity index (χ0) is 18.7. The van der Waals surface area contributed by atoms with Gasteiger partial charge in [-0.1, -0.05) is 37.3 Å². The molecule has 0 fully saturated rings. The SMILES string of the molecule is CCC(=O)[C@H](CCCNC(N)=O)NC(=O)[C@H](Cc1ccccc1)NC. The number of hydrogen-bond acceptors (Lipinski definition) is 4. The van der Waals surface area contributed by atoms with E-state index in [1.807, 2.05) is 30.3 Å². The van der Waals surface area contributed by atoms with Crippen LogP contribution in [0, 0.1) is 0 Å². The van der Waals surface area contributed by atoms with Crippen LogP contribution in [0.1, 0.15) is 31.7 Å². The van der Waals surface area contributed by atoms with Gasteiger partial charge in [0.2, 0.25) is 5.91 Å². The Kier molecular flexibility index (Phi) is 9.24. The smallest absolute Gasteiger partial charge is 0.312 e. The molecular formula is C18H28N4O3.